The topological polar surface area (TPSA) is 40.5 Å². The lowest BCUT2D eigenvalue weighted by Gasteiger charge is -2.18. The Morgan fingerprint density at radius 1 is 1.29 bits per heavy atom. The molecule has 0 bridgehead atoms. The summed E-state index contributed by atoms with van der Waals surface area (Å²) in [6.07, 6.45) is 17.2. The molecular weight excluding hydrogens is 346 g/mol. The highest BCUT2D eigenvalue weighted by Crippen LogP contribution is 2.48. The third-order valence-corrected chi connectivity index (χ3v) is 6.66. The van der Waals surface area contributed by atoms with Crippen LogP contribution in [0.1, 0.15) is 78.1 Å². The molecule has 0 spiro atoms. The Kier molecular flexibility index (Phi) is 9.94. The molecule has 0 aliphatic heterocycles. The molecule has 2 aliphatic rings. The average Bonchev–Trinajstić information content (AvgIpc) is 3.14. The van der Waals surface area contributed by atoms with Crippen LogP contribution >= 0.6 is 0 Å². The smallest absolute Gasteiger partial charge is 0.155 e. The molecule has 5 atom stereocenters. The summed E-state index contributed by atoms with van der Waals surface area (Å²) in [7, 11) is 4.27. The van der Waals surface area contributed by atoms with Crippen molar-refractivity contribution in [2.75, 3.05) is 20.6 Å². The van der Waals surface area contributed by atoms with Crippen LogP contribution in [0.2, 0.25) is 0 Å². The Bertz CT molecular complexity index is 537. The van der Waals surface area contributed by atoms with E-state index < -0.39 is 0 Å². The third-order valence-electron chi connectivity index (χ3n) is 6.66. The lowest BCUT2D eigenvalue weighted by molar-refractivity contribution is -0.115. The standard InChI is InChI=1S/C25H43NO2/c1-5-6-10-19(2)15-22(27)12-13-23-24-17-20(16-21(24)18-25(23)28)11-8-7-9-14-26(3)4/h12-13,16,19,21,23-25,28H,5-11,14-15,17-18H2,1-4H3/b13-12+/t19-,21-,23+,24-,25+/m0/s1. The van der Waals surface area contributed by atoms with Gasteiger partial charge in [-0.1, -0.05) is 57.3 Å². The van der Waals surface area contributed by atoms with Crippen molar-refractivity contribution >= 4 is 5.78 Å². The monoisotopic (exact) mass is 389 g/mol. The SMILES string of the molecule is CCCC[C@H](C)CC(=O)/C=C/[C@@H]1[C@H]2CC(CCCCCN(C)C)=C[C@H]2C[C@H]1O. The predicted octanol–water partition coefficient (Wildman–Crippen LogP) is 5.39. The molecule has 0 aromatic rings. The molecule has 160 valence electrons. The van der Waals surface area contributed by atoms with Crippen molar-refractivity contribution in [3.05, 3.63) is 23.8 Å². The third kappa shape index (κ3) is 7.48. The van der Waals surface area contributed by atoms with E-state index in [-0.39, 0.29) is 17.8 Å². The maximum Gasteiger partial charge on any atom is 0.155 e. The minimum absolute atomic E-state index is 0.155. The number of aliphatic hydroxyl groups excluding tert-OH is 1. The number of allylic oxidation sites excluding steroid dienone is 3. The van der Waals surface area contributed by atoms with Gasteiger partial charge in [-0.25, -0.2) is 0 Å². The van der Waals surface area contributed by atoms with E-state index in [4.69, 9.17) is 0 Å². The summed E-state index contributed by atoms with van der Waals surface area (Å²) in [4.78, 5) is 14.6. The summed E-state index contributed by atoms with van der Waals surface area (Å²) < 4.78 is 0. The number of hydrogen-bond donors (Lipinski definition) is 1. The summed E-state index contributed by atoms with van der Waals surface area (Å²) in [6, 6.07) is 0. The minimum Gasteiger partial charge on any atom is -0.392 e. The summed E-state index contributed by atoms with van der Waals surface area (Å²) in [5.74, 6) is 1.87. The van der Waals surface area contributed by atoms with E-state index in [1.54, 1.807) is 11.6 Å². The van der Waals surface area contributed by atoms with E-state index in [0.29, 0.717) is 24.2 Å². The lowest BCUT2D eigenvalue weighted by atomic mass is 9.88. The summed E-state index contributed by atoms with van der Waals surface area (Å²) in [5.41, 5.74) is 1.59. The van der Waals surface area contributed by atoms with Gasteiger partial charge in [-0.2, -0.15) is 0 Å². The van der Waals surface area contributed by atoms with Crippen LogP contribution in [0.4, 0.5) is 0 Å². The van der Waals surface area contributed by atoms with Gasteiger partial charge < -0.3 is 10.0 Å². The number of fused-ring (bicyclic) bond motifs is 1. The molecule has 0 radical (unpaired) electrons. The molecule has 0 unspecified atom stereocenters. The van der Waals surface area contributed by atoms with Crippen molar-refractivity contribution < 1.29 is 9.90 Å². The minimum atomic E-state index is -0.283. The second kappa shape index (κ2) is 11.9. The second-order valence-corrected chi connectivity index (χ2v) is 9.63. The molecule has 1 saturated carbocycles. The quantitative estimate of drug-likeness (QED) is 0.261. The van der Waals surface area contributed by atoms with Crippen molar-refractivity contribution in [1.29, 1.82) is 0 Å². The number of hydrogen-bond acceptors (Lipinski definition) is 3. The van der Waals surface area contributed by atoms with Gasteiger partial charge in [-0.05, 0) is 76.6 Å². The first-order valence-corrected chi connectivity index (χ1v) is 11.6. The summed E-state index contributed by atoms with van der Waals surface area (Å²) in [5, 5.41) is 10.5. The second-order valence-electron chi connectivity index (χ2n) is 9.63. The molecule has 2 rings (SSSR count). The van der Waals surface area contributed by atoms with Crippen LogP contribution < -0.4 is 0 Å². The zero-order valence-electron chi connectivity index (χ0n) is 18.7. The fraction of sp³-hybridized carbons (Fsp3) is 0.800. The first-order valence-electron chi connectivity index (χ1n) is 11.6. The van der Waals surface area contributed by atoms with Gasteiger partial charge in [0.05, 0.1) is 6.10 Å². The number of aliphatic hydroxyl groups is 1. The number of carbonyl (C=O) groups is 1. The van der Waals surface area contributed by atoms with E-state index in [0.717, 1.165) is 19.3 Å². The lowest BCUT2D eigenvalue weighted by Crippen LogP contribution is -2.17. The Balaban J connectivity index is 1.76. The molecule has 0 saturated heterocycles. The molecule has 3 nitrogen and oxygen atoms in total. The van der Waals surface area contributed by atoms with Gasteiger partial charge in [-0.3, -0.25) is 4.79 Å². The van der Waals surface area contributed by atoms with Crippen molar-refractivity contribution in [3.63, 3.8) is 0 Å². The maximum atomic E-state index is 12.3. The molecule has 3 heteroatoms. The van der Waals surface area contributed by atoms with Crippen LogP contribution in [-0.2, 0) is 4.79 Å². The van der Waals surface area contributed by atoms with Crippen LogP contribution in [0.3, 0.4) is 0 Å². The van der Waals surface area contributed by atoms with Gasteiger partial charge in [0.15, 0.2) is 5.78 Å². The first-order chi connectivity index (χ1) is 13.4. The highest BCUT2D eigenvalue weighted by molar-refractivity contribution is 5.89. The van der Waals surface area contributed by atoms with Gasteiger partial charge in [0.25, 0.3) is 0 Å². The Morgan fingerprint density at radius 3 is 2.79 bits per heavy atom. The van der Waals surface area contributed by atoms with E-state index >= 15 is 0 Å². The van der Waals surface area contributed by atoms with Crippen molar-refractivity contribution in [2.45, 2.75) is 84.2 Å². The van der Waals surface area contributed by atoms with Crippen molar-refractivity contribution in [1.82, 2.24) is 4.90 Å². The van der Waals surface area contributed by atoms with Crippen LogP contribution in [-0.4, -0.2) is 42.5 Å². The molecule has 0 amide bonds. The van der Waals surface area contributed by atoms with Crippen LogP contribution in [0.25, 0.3) is 0 Å². The largest absolute Gasteiger partial charge is 0.392 e. The number of rotatable bonds is 13. The summed E-state index contributed by atoms with van der Waals surface area (Å²) >= 11 is 0. The normalized spacial score (nSPS) is 28.1. The zero-order chi connectivity index (χ0) is 20.5. The van der Waals surface area contributed by atoms with Crippen molar-refractivity contribution in [3.8, 4) is 0 Å². The Hall–Kier alpha value is -0.930. The highest BCUT2D eigenvalue weighted by atomic mass is 16.3. The first kappa shape index (κ1) is 23.3. The predicted molar refractivity (Wildman–Crippen MR) is 118 cm³/mol. The van der Waals surface area contributed by atoms with E-state index in [1.807, 2.05) is 6.08 Å². The van der Waals surface area contributed by atoms with Gasteiger partial charge in [0.1, 0.15) is 0 Å². The van der Waals surface area contributed by atoms with Gasteiger partial charge in [-0.15, -0.1) is 0 Å². The molecule has 1 fully saturated rings. The van der Waals surface area contributed by atoms with Crippen LogP contribution in [0.5, 0.6) is 0 Å². The van der Waals surface area contributed by atoms with Crippen LogP contribution in [0, 0.1) is 23.7 Å². The number of ketones is 1. The van der Waals surface area contributed by atoms with Gasteiger partial charge in [0, 0.05) is 12.3 Å². The number of nitrogens with zero attached hydrogens (tertiary/aromatic N) is 1. The van der Waals surface area contributed by atoms with Crippen molar-refractivity contribution in [2.24, 2.45) is 23.7 Å². The van der Waals surface area contributed by atoms with Gasteiger partial charge >= 0.3 is 0 Å². The molecule has 2 aliphatic carbocycles. The maximum absolute atomic E-state index is 12.3. The van der Waals surface area contributed by atoms with E-state index in [1.165, 1.54) is 45.1 Å². The molecule has 0 heterocycles. The molecule has 0 aromatic heterocycles. The Labute approximate surface area is 173 Å². The fourth-order valence-corrected chi connectivity index (χ4v) is 5.03. The Morgan fingerprint density at radius 2 is 2.07 bits per heavy atom. The fourth-order valence-electron chi connectivity index (χ4n) is 5.03. The number of carbonyl (C=O) groups excluding carboxylic acids is 1. The van der Waals surface area contributed by atoms with E-state index in [2.05, 4.69) is 38.9 Å². The molecule has 1 N–H and O–H groups in total. The van der Waals surface area contributed by atoms with Gasteiger partial charge in [0.2, 0.25) is 0 Å². The van der Waals surface area contributed by atoms with Crippen LogP contribution in [0.15, 0.2) is 23.8 Å². The number of unbranched alkanes of at least 4 members (excludes halogenated alkanes) is 3. The summed E-state index contributed by atoms with van der Waals surface area (Å²) in [6.45, 7) is 5.54. The molecular formula is C25H43NO2. The highest BCUT2D eigenvalue weighted by Gasteiger charge is 2.43. The molecule has 0 aromatic carbocycles. The zero-order valence-corrected chi connectivity index (χ0v) is 18.7. The average molecular weight is 390 g/mol. The van der Waals surface area contributed by atoms with E-state index in [9.17, 15) is 9.90 Å². The molecule has 28 heavy (non-hydrogen) atoms.